The Morgan fingerprint density at radius 2 is 2.15 bits per heavy atom. The fourth-order valence-electron chi connectivity index (χ4n) is 2.07. The molecule has 0 saturated heterocycles. The monoisotopic (exact) mass is 271 g/mol. The first-order chi connectivity index (χ1) is 9.65. The summed E-state index contributed by atoms with van der Waals surface area (Å²) >= 11 is 0. The van der Waals surface area contributed by atoms with E-state index in [2.05, 4.69) is 10.3 Å². The lowest BCUT2D eigenvalue weighted by Crippen LogP contribution is -2.17. The second-order valence-corrected chi connectivity index (χ2v) is 4.72. The van der Waals surface area contributed by atoms with Crippen LogP contribution in [0.3, 0.4) is 0 Å². The van der Waals surface area contributed by atoms with Crippen LogP contribution in [0.1, 0.15) is 39.7 Å². The molecule has 0 spiro atoms. The third-order valence-corrected chi connectivity index (χ3v) is 3.20. The standard InChI is InChI=1S/C14H13N3O3/c18-13(11-2-1-7-17(11)10-3-4-10)16-12-8-9(14(19)20)5-6-15-12/h1-2,5-8,10H,3-4H2,(H,19,20)(H,15,16,18). The van der Waals surface area contributed by atoms with E-state index >= 15 is 0 Å². The number of aromatic nitrogens is 2. The van der Waals surface area contributed by atoms with Gasteiger partial charge in [-0.05, 0) is 37.1 Å². The van der Waals surface area contributed by atoms with E-state index < -0.39 is 5.97 Å². The highest BCUT2D eigenvalue weighted by Gasteiger charge is 2.26. The average molecular weight is 271 g/mol. The predicted octanol–water partition coefficient (Wildman–Crippen LogP) is 2.17. The Kier molecular flexibility index (Phi) is 2.98. The molecule has 0 aromatic carbocycles. The highest BCUT2D eigenvalue weighted by Crippen LogP contribution is 2.36. The van der Waals surface area contributed by atoms with E-state index in [0.717, 1.165) is 12.8 Å². The number of anilines is 1. The number of nitrogens with one attached hydrogen (secondary N) is 1. The van der Waals surface area contributed by atoms with Crippen molar-refractivity contribution >= 4 is 17.7 Å². The molecule has 102 valence electrons. The molecule has 2 heterocycles. The lowest BCUT2D eigenvalue weighted by molar-refractivity contribution is 0.0696. The number of hydrogen-bond acceptors (Lipinski definition) is 3. The van der Waals surface area contributed by atoms with Crippen molar-refractivity contribution in [1.29, 1.82) is 0 Å². The minimum atomic E-state index is -1.05. The van der Waals surface area contributed by atoms with Crippen LogP contribution in [-0.4, -0.2) is 26.5 Å². The molecule has 3 rings (SSSR count). The number of carbonyl (C=O) groups is 2. The number of amides is 1. The molecule has 0 radical (unpaired) electrons. The van der Waals surface area contributed by atoms with Crippen LogP contribution in [0.5, 0.6) is 0 Å². The zero-order valence-electron chi connectivity index (χ0n) is 10.6. The van der Waals surface area contributed by atoms with E-state index in [1.165, 1.54) is 18.3 Å². The van der Waals surface area contributed by atoms with Crippen molar-refractivity contribution in [2.24, 2.45) is 0 Å². The van der Waals surface area contributed by atoms with Crippen molar-refractivity contribution in [3.63, 3.8) is 0 Å². The van der Waals surface area contributed by atoms with Gasteiger partial charge in [-0.2, -0.15) is 0 Å². The molecule has 1 saturated carbocycles. The van der Waals surface area contributed by atoms with Gasteiger partial charge in [-0.1, -0.05) is 0 Å². The zero-order chi connectivity index (χ0) is 14.1. The lowest BCUT2D eigenvalue weighted by Gasteiger charge is -2.08. The number of carbonyl (C=O) groups excluding carboxylic acids is 1. The molecule has 1 fully saturated rings. The smallest absolute Gasteiger partial charge is 0.335 e. The summed E-state index contributed by atoms with van der Waals surface area (Å²) < 4.78 is 1.94. The maximum absolute atomic E-state index is 12.2. The SMILES string of the molecule is O=C(O)c1ccnc(NC(=O)c2cccn2C2CC2)c1. The summed E-state index contributed by atoms with van der Waals surface area (Å²) in [4.78, 5) is 27.0. The number of rotatable bonds is 4. The largest absolute Gasteiger partial charge is 0.478 e. The van der Waals surface area contributed by atoms with E-state index in [0.29, 0.717) is 11.7 Å². The van der Waals surface area contributed by atoms with Gasteiger partial charge in [0, 0.05) is 18.4 Å². The Morgan fingerprint density at radius 1 is 1.35 bits per heavy atom. The summed E-state index contributed by atoms with van der Waals surface area (Å²) in [5.74, 6) is -1.10. The maximum atomic E-state index is 12.2. The molecule has 2 N–H and O–H groups in total. The molecule has 20 heavy (non-hydrogen) atoms. The van der Waals surface area contributed by atoms with Crippen molar-refractivity contribution in [3.05, 3.63) is 47.9 Å². The summed E-state index contributed by atoms with van der Waals surface area (Å²) in [6.07, 6.45) is 5.41. The molecule has 6 nitrogen and oxygen atoms in total. The van der Waals surface area contributed by atoms with Crippen molar-refractivity contribution in [3.8, 4) is 0 Å². The molecule has 0 bridgehead atoms. The predicted molar refractivity (Wildman–Crippen MR) is 71.9 cm³/mol. The van der Waals surface area contributed by atoms with E-state index in [9.17, 15) is 9.59 Å². The number of carboxylic acid groups (broad SMARTS) is 1. The van der Waals surface area contributed by atoms with Gasteiger partial charge in [0.25, 0.3) is 5.91 Å². The first-order valence-electron chi connectivity index (χ1n) is 6.32. The average Bonchev–Trinajstić information content (AvgIpc) is 3.16. The third kappa shape index (κ3) is 2.40. The van der Waals surface area contributed by atoms with Gasteiger partial charge in [0.15, 0.2) is 0 Å². The number of carboxylic acids is 1. The summed E-state index contributed by atoms with van der Waals surface area (Å²) in [7, 11) is 0. The Labute approximate surface area is 115 Å². The van der Waals surface area contributed by atoms with Crippen molar-refractivity contribution in [2.45, 2.75) is 18.9 Å². The highest BCUT2D eigenvalue weighted by molar-refractivity contribution is 6.03. The van der Waals surface area contributed by atoms with Gasteiger partial charge < -0.3 is 15.0 Å². The van der Waals surface area contributed by atoms with Crippen molar-refractivity contribution < 1.29 is 14.7 Å². The molecule has 1 aliphatic carbocycles. The molecule has 1 aliphatic rings. The number of nitrogens with zero attached hydrogens (tertiary/aromatic N) is 2. The van der Waals surface area contributed by atoms with Crippen LogP contribution in [0.2, 0.25) is 0 Å². The van der Waals surface area contributed by atoms with E-state index in [-0.39, 0.29) is 17.3 Å². The first-order valence-corrected chi connectivity index (χ1v) is 6.32. The van der Waals surface area contributed by atoms with Gasteiger partial charge in [0.2, 0.25) is 0 Å². The zero-order valence-corrected chi connectivity index (χ0v) is 10.6. The second kappa shape index (κ2) is 4.80. The molecule has 2 aromatic heterocycles. The van der Waals surface area contributed by atoms with Crippen LogP contribution in [0.15, 0.2) is 36.7 Å². The Bertz CT molecular complexity index is 674. The van der Waals surface area contributed by atoms with Crippen LogP contribution in [0.25, 0.3) is 0 Å². The number of pyridine rings is 1. The molecular formula is C14H13N3O3. The van der Waals surface area contributed by atoms with Gasteiger partial charge in [-0.3, -0.25) is 4.79 Å². The minimum absolute atomic E-state index is 0.0906. The van der Waals surface area contributed by atoms with E-state index in [4.69, 9.17) is 5.11 Å². The molecule has 0 aliphatic heterocycles. The minimum Gasteiger partial charge on any atom is -0.478 e. The number of hydrogen-bond donors (Lipinski definition) is 2. The molecule has 2 aromatic rings. The van der Waals surface area contributed by atoms with Gasteiger partial charge in [0.1, 0.15) is 11.5 Å². The van der Waals surface area contributed by atoms with Crippen LogP contribution in [0, 0.1) is 0 Å². The van der Waals surface area contributed by atoms with Crippen LogP contribution in [0.4, 0.5) is 5.82 Å². The van der Waals surface area contributed by atoms with Crippen LogP contribution >= 0.6 is 0 Å². The van der Waals surface area contributed by atoms with Crippen molar-refractivity contribution in [1.82, 2.24) is 9.55 Å². The third-order valence-electron chi connectivity index (χ3n) is 3.20. The Hall–Kier alpha value is -2.63. The molecular weight excluding hydrogens is 258 g/mol. The van der Waals surface area contributed by atoms with Crippen LogP contribution in [-0.2, 0) is 0 Å². The lowest BCUT2D eigenvalue weighted by atomic mass is 10.2. The van der Waals surface area contributed by atoms with Crippen molar-refractivity contribution in [2.75, 3.05) is 5.32 Å². The van der Waals surface area contributed by atoms with Crippen LogP contribution < -0.4 is 5.32 Å². The van der Waals surface area contributed by atoms with E-state index in [1.54, 1.807) is 6.07 Å². The topological polar surface area (TPSA) is 84.2 Å². The summed E-state index contributed by atoms with van der Waals surface area (Å²) in [5.41, 5.74) is 0.655. The number of aromatic carboxylic acids is 1. The van der Waals surface area contributed by atoms with Gasteiger partial charge in [-0.15, -0.1) is 0 Å². The van der Waals surface area contributed by atoms with Gasteiger partial charge in [-0.25, -0.2) is 9.78 Å². The Morgan fingerprint density at radius 3 is 2.85 bits per heavy atom. The normalized spacial score (nSPS) is 14.0. The summed E-state index contributed by atoms with van der Waals surface area (Å²) in [6, 6.07) is 6.70. The first kappa shape index (κ1) is 12.4. The highest BCUT2D eigenvalue weighted by atomic mass is 16.4. The maximum Gasteiger partial charge on any atom is 0.335 e. The Balaban J connectivity index is 1.80. The molecule has 0 unspecified atom stereocenters. The molecule has 6 heteroatoms. The van der Waals surface area contributed by atoms with E-state index in [1.807, 2.05) is 16.8 Å². The van der Waals surface area contributed by atoms with Gasteiger partial charge in [0.05, 0.1) is 5.56 Å². The summed E-state index contributed by atoms with van der Waals surface area (Å²) in [5, 5.41) is 11.5. The van der Waals surface area contributed by atoms with Gasteiger partial charge >= 0.3 is 5.97 Å². The summed E-state index contributed by atoms with van der Waals surface area (Å²) in [6.45, 7) is 0. The molecule has 1 amide bonds. The second-order valence-electron chi connectivity index (χ2n) is 4.72. The fourth-order valence-corrected chi connectivity index (χ4v) is 2.07. The quantitative estimate of drug-likeness (QED) is 0.892. The molecule has 0 atom stereocenters. The fraction of sp³-hybridized carbons (Fsp3) is 0.214.